The van der Waals surface area contributed by atoms with Gasteiger partial charge in [-0.2, -0.15) is 0 Å². The molecule has 1 aromatic rings. The fourth-order valence-corrected chi connectivity index (χ4v) is 3.51. The largest absolute Gasteiger partial charge is 0.481 e. The zero-order valence-corrected chi connectivity index (χ0v) is 12.3. The molecule has 2 N–H and O–H groups in total. The van der Waals surface area contributed by atoms with Crippen molar-refractivity contribution in [3.05, 3.63) is 22.4 Å². The van der Waals surface area contributed by atoms with E-state index in [4.69, 9.17) is 0 Å². The van der Waals surface area contributed by atoms with Crippen LogP contribution >= 0.6 is 11.3 Å². The number of carbonyl (C=O) groups excluding carboxylic acids is 1. The first kappa shape index (κ1) is 15.0. The predicted octanol–water partition coefficient (Wildman–Crippen LogP) is 2.69. The Labute approximate surface area is 123 Å². The molecule has 1 amide bonds. The molecule has 1 fully saturated rings. The molecule has 0 spiro atoms. The molecule has 1 heterocycles. The van der Waals surface area contributed by atoms with Gasteiger partial charge in [-0.05, 0) is 36.6 Å². The molecular weight excluding hydrogens is 274 g/mol. The molecule has 1 aromatic heterocycles. The minimum atomic E-state index is -0.720. The van der Waals surface area contributed by atoms with Gasteiger partial charge in [0.15, 0.2) is 0 Å². The van der Waals surface area contributed by atoms with E-state index < -0.39 is 5.97 Å². The van der Waals surface area contributed by atoms with Gasteiger partial charge in [-0.1, -0.05) is 18.9 Å². The van der Waals surface area contributed by atoms with Crippen LogP contribution in [0.5, 0.6) is 0 Å². The summed E-state index contributed by atoms with van der Waals surface area (Å²) in [6.45, 7) is 0.500. The van der Waals surface area contributed by atoms with Crippen LogP contribution in [-0.4, -0.2) is 23.5 Å². The fourth-order valence-electron chi connectivity index (χ4n) is 2.80. The molecule has 0 radical (unpaired) electrons. The molecule has 0 aromatic carbocycles. The maximum atomic E-state index is 11.8. The Morgan fingerprint density at radius 2 is 2.15 bits per heavy atom. The molecule has 2 atom stereocenters. The predicted molar refractivity (Wildman–Crippen MR) is 78.7 cm³/mol. The van der Waals surface area contributed by atoms with Crippen LogP contribution in [0.1, 0.15) is 37.0 Å². The van der Waals surface area contributed by atoms with Crippen molar-refractivity contribution in [1.82, 2.24) is 5.32 Å². The first-order valence-corrected chi connectivity index (χ1v) is 8.06. The Morgan fingerprint density at radius 1 is 1.35 bits per heavy atom. The highest BCUT2D eigenvalue weighted by molar-refractivity contribution is 7.09. The van der Waals surface area contributed by atoms with Crippen molar-refractivity contribution in [1.29, 1.82) is 0 Å². The first-order chi connectivity index (χ1) is 9.66. The van der Waals surface area contributed by atoms with Crippen molar-refractivity contribution in [3.63, 3.8) is 0 Å². The molecule has 0 bridgehead atoms. The van der Waals surface area contributed by atoms with E-state index in [1.54, 1.807) is 11.3 Å². The maximum absolute atomic E-state index is 11.8. The molecule has 110 valence electrons. The number of thiophene rings is 1. The van der Waals surface area contributed by atoms with Crippen LogP contribution in [0.25, 0.3) is 0 Å². The lowest BCUT2D eigenvalue weighted by Crippen LogP contribution is -2.37. The summed E-state index contributed by atoms with van der Waals surface area (Å²) in [5.74, 6) is -0.899. The van der Waals surface area contributed by atoms with E-state index in [-0.39, 0.29) is 17.7 Å². The zero-order valence-electron chi connectivity index (χ0n) is 11.5. The second kappa shape index (κ2) is 7.43. The van der Waals surface area contributed by atoms with Gasteiger partial charge in [-0.25, -0.2) is 0 Å². The van der Waals surface area contributed by atoms with Crippen molar-refractivity contribution in [2.24, 2.45) is 11.8 Å². The topological polar surface area (TPSA) is 66.4 Å². The van der Waals surface area contributed by atoms with Crippen LogP contribution < -0.4 is 5.32 Å². The SMILES string of the molecule is O=C(CCc1cccs1)NCC1CCCCC1C(=O)O. The van der Waals surface area contributed by atoms with Gasteiger partial charge in [-0.15, -0.1) is 11.3 Å². The molecule has 0 aliphatic heterocycles. The molecule has 1 saturated carbocycles. The lowest BCUT2D eigenvalue weighted by molar-refractivity contribution is -0.145. The number of carbonyl (C=O) groups is 2. The smallest absolute Gasteiger partial charge is 0.306 e. The summed E-state index contributed by atoms with van der Waals surface area (Å²) in [7, 11) is 0. The van der Waals surface area contributed by atoms with Gasteiger partial charge >= 0.3 is 5.97 Å². The number of carboxylic acid groups (broad SMARTS) is 1. The van der Waals surface area contributed by atoms with E-state index in [0.717, 1.165) is 32.1 Å². The van der Waals surface area contributed by atoms with Crippen molar-refractivity contribution < 1.29 is 14.7 Å². The molecule has 2 unspecified atom stereocenters. The highest BCUT2D eigenvalue weighted by Crippen LogP contribution is 2.29. The van der Waals surface area contributed by atoms with E-state index in [2.05, 4.69) is 5.32 Å². The molecule has 0 saturated heterocycles. The number of nitrogens with one attached hydrogen (secondary N) is 1. The second-order valence-electron chi connectivity index (χ2n) is 5.37. The van der Waals surface area contributed by atoms with E-state index in [9.17, 15) is 14.7 Å². The molecule has 2 rings (SSSR count). The highest BCUT2D eigenvalue weighted by atomic mass is 32.1. The standard InChI is InChI=1S/C15H21NO3S/c17-14(8-7-12-5-3-9-20-12)16-10-11-4-1-2-6-13(11)15(18)19/h3,5,9,11,13H,1-2,4,6-8,10H2,(H,16,17)(H,18,19). The third-order valence-corrected chi connectivity index (χ3v) is 4.90. The van der Waals surface area contributed by atoms with Crippen LogP contribution in [0.3, 0.4) is 0 Å². The summed E-state index contributed by atoms with van der Waals surface area (Å²) in [6.07, 6.45) is 4.94. The Hall–Kier alpha value is -1.36. The molecule has 1 aliphatic rings. The maximum Gasteiger partial charge on any atom is 0.306 e. The lowest BCUT2D eigenvalue weighted by Gasteiger charge is -2.28. The fraction of sp³-hybridized carbons (Fsp3) is 0.600. The quantitative estimate of drug-likeness (QED) is 0.848. The van der Waals surface area contributed by atoms with Crippen molar-refractivity contribution in [3.8, 4) is 0 Å². The summed E-state index contributed by atoms with van der Waals surface area (Å²) in [5.41, 5.74) is 0. The van der Waals surface area contributed by atoms with Crippen LogP contribution in [0.2, 0.25) is 0 Å². The van der Waals surface area contributed by atoms with Crippen molar-refractivity contribution in [2.45, 2.75) is 38.5 Å². The van der Waals surface area contributed by atoms with Crippen LogP contribution in [0, 0.1) is 11.8 Å². The minimum absolute atomic E-state index is 0.0214. The Morgan fingerprint density at radius 3 is 2.85 bits per heavy atom. The summed E-state index contributed by atoms with van der Waals surface area (Å²) < 4.78 is 0. The van der Waals surface area contributed by atoms with E-state index >= 15 is 0 Å². The summed E-state index contributed by atoms with van der Waals surface area (Å²) >= 11 is 1.66. The third kappa shape index (κ3) is 4.34. The number of aryl methyl sites for hydroxylation is 1. The van der Waals surface area contributed by atoms with E-state index in [1.165, 1.54) is 4.88 Å². The number of aliphatic carboxylic acids is 1. The van der Waals surface area contributed by atoms with Gasteiger partial charge in [-0.3, -0.25) is 9.59 Å². The summed E-state index contributed by atoms with van der Waals surface area (Å²) in [6, 6.07) is 4.01. The summed E-state index contributed by atoms with van der Waals surface area (Å²) in [4.78, 5) is 24.2. The first-order valence-electron chi connectivity index (χ1n) is 7.18. The van der Waals surface area contributed by atoms with Crippen LogP contribution in [0.4, 0.5) is 0 Å². The van der Waals surface area contributed by atoms with E-state index in [1.807, 2.05) is 17.5 Å². The van der Waals surface area contributed by atoms with Crippen LogP contribution in [-0.2, 0) is 16.0 Å². The average molecular weight is 295 g/mol. The normalized spacial score (nSPS) is 22.4. The van der Waals surface area contributed by atoms with Gasteiger partial charge in [0.1, 0.15) is 0 Å². The number of amides is 1. The highest BCUT2D eigenvalue weighted by Gasteiger charge is 2.30. The summed E-state index contributed by atoms with van der Waals surface area (Å²) in [5, 5.41) is 14.1. The van der Waals surface area contributed by atoms with Gasteiger partial charge < -0.3 is 10.4 Å². The molecule has 5 heteroatoms. The van der Waals surface area contributed by atoms with Crippen LogP contribution in [0.15, 0.2) is 17.5 Å². The Kier molecular flexibility index (Phi) is 5.59. The van der Waals surface area contributed by atoms with Gasteiger partial charge in [0.2, 0.25) is 5.91 Å². The monoisotopic (exact) mass is 295 g/mol. The average Bonchev–Trinajstić information content (AvgIpc) is 2.96. The third-order valence-electron chi connectivity index (χ3n) is 3.97. The lowest BCUT2D eigenvalue weighted by atomic mass is 9.79. The van der Waals surface area contributed by atoms with Gasteiger partial charge in [0.25, 0.3) is 0 Å². The minimum Gasteiger partial charge on any atom is -0.481 e. The molecule has 4 nitrogen and oxygen atoms in total. The number of hydrogen-bond donors (Lipinski definition) is 2. The second-order valence-corrected chi connectivity index (χ2v) is 6.40. The Balaban J connectivity index is 1.72. The molecular formula is C15H21NO3S. The molecule has 1 aliphatic carbocycles. The number of hydrogen-bond acceptors (Lipinski definition) is 3. The van der Waals surface area contributed by atoms with Crippen molar-refractivity contribution >= 4 is 23.2 Å². The number of carboxylic acids is 1. The van der Waals surface area contributed by atoms with Crippen molar-refractivity contribution in [2.75, 3.05) is 6.54 Å². The molecule has 20 heavy (non-hydrogen) atoms. The zero-order chi connectivity index (χ0) is 14.4. The Bertz CT molecular complexity index is 444. The van der Waals surface area contributed by atoms with Gasteiger partial charge in [0, 0.05) is 17.8 Å². The van der Waals surface area contributed by atoms with Gasteiger partial charge in [0.05, 0.1) is 5.92 Å². The van der Waals surface area contributed by atoms with E-state index in [0.29, 0.717) is 13.0 Å². The number of rotatable bonds is 6.